The Morgan fingerprint density at radius 3 is 2.44 bits per heavy atom. The highest BCUT2D eigenvalue weighted by atomic mass is 79.9. The van der Waals surface area contributed by atoms with Crippen LogP contribution in [0.2, 0.25) is 10.0 Å². The van der Waals surface area contributed by atoms with Crippen LogP contribution in [0, 0.1) is 0 Å². The van der Waals surface area contributed by atoms with Crippen LogP contribution in [-0.2, 0) is 25.5 Å². The minimum atomic E-state index is -0.973. The van der Waals surface area contributed by atoms with E-state index in [-0.39, 0.29) is 30.4 Å². The highest BCUT2D eigenvalue weighted by Gasteiger charge is 2.25. The van der Waals surface area contributed by atoms with Crippen LogP contribution in [0.1, 0.15) is 25.0 Å². The molecule has 0 bridgehead atoms. The molecule has 0 aromatic heterocycles. The molecular formula is C30H30BrCl2N3O7. The number of hydrogen-bond acceptors (Lipinski definition) is 8. The molecule has 0 fully saturated rings. The summed E-state index contributed by atoms with van der Waals surface area (Å²) in [5, 5.41) is 7.47. The number of methoxy groups -OCH3 is 1. The first-order chi connectivity index (χ1) is 20.6. The van der Waals surface area contributed by atoms with Crippen LogP contribution >= 0.6 is 39.1 Å². The lowest BCUT2D eigenvalue weighted by Crippen LogP contribution is -2.50. The first kappa shape index (κ1) is 33.7. The number of benzene rings is 3. The van der Waals surface area contributed by atoms with Gasteiger partial charge in [-0.1, -0.05) is 53.5 Å². The number of halogens is 3. The fourth-order valence-electron chi connectivity index (χ4n) is 3.70. The molecule has 0 spiro atoms. The average molecular weight is 695 g/mol. The zero-order valence-corrected chi connectivity index (χ0v) is 26.7. The fraction of sp³-hybridized carbons (Fsp3) is 0.267. The molecule has 2 amide bonds. The standard InChI is InChI=1S/C30H30BrCl2N3O7/c1-4-41-27(37)17-42-28-22(31)12-20(14-26(28)40-3)16-34-36-30(39)24(13-19-8-6-5-7-9-19)35-29(38)18(2)43-25-11-10-21(32)15-23(25)33/h5-12,14-16,18,24H,4,13,17H2,1-3H3,(H,35,38)(H,36,39)/b34-16-/t18-,24-/m1/s1. The lowest BCUT2D eigenvalue weighted by molar-refractivity contribution is -0.145. The Labute approximate surface area is 267 Å². The van der Waals surface area contributed by atoms with Gasteiger partial charge in [0, 0.05) is 11.4 Å². The molecule has 2 atom stereocenters. The number of rotatable bonds is 14. The molecule has 3 aromatic rings. The summed E-state index contributed by atoms with van der Waals surface area (Å²) in [5.74, 6) is -0.684. The normalized spacial score (nSPS) is 12.2. The van der Waals surface area contributed by atoms with Crippen LogP contribution in [0.5, 0.6) is 17.2 Å². The van der Waals surface area contributed by atoms with Crippen molar-refractivity contribution in [2.75, 3.05) is 20.3 Å². The van der Waals surface area contributed by atoms with Gasteiger partial charge < -0.3 is 24.3 Å². The van der Waals surface area contributed by atoms with Crippen LogP contribution in [-0.4, -0.2) is 56.5 Å². The van der Waals surface area contributed by atoms with Crippen molar-refractivity contribution in [2.45, 2.75) is 32.4 Å². The van der Waals surface area contributed by atoms with Crippen molar-refractivity contribution in [1.29, 1.82) is 0 Å². The van der Waals surface area contributed by atoms with Crippen LogP contribution in [0.25, 0.3) is 0 Å². The summed E-state index contributed by atoms with van der Waals surface area (Å²) in [4.78, 5) is 37.9. The average Bonchev–Trinajstić information content (AvgIpc) is 2.98. The molecule has 2 N–H and O–H groups in total. The molecule has 0 saturated carbocycles. The molecule has 3 aromatic carbocycles. The molecule has 0 heterocycles. The van der Waals surface area contributed by atoms with Crippen molar-refractivity contribution in [3.8, 4) is 17.2 Å². The van der Waals surface area contributed by atoms with Gasteiger partial charge in [0.2, 0.25) is 0 Å². The Balaban J connectivity index is 1.70. The summed E-state index contributed by atoms with van der Waals surface area (Å²) in [6, 6.07) is 16.2. The summed E-state index contributed by atoms with van der Waals surface area (Å²) in [7, 11) is 1.45. The SMILES string of the molecule is CCOC(=O)COc1c(Br)cc(/C=N\NC(=O)[C@@H](Cc2ccccc2)NC(=O)[C@@H](C)Oc2ccc(Cl)cc2Cl)cc1OC. The van der Waals surface area contributed by atoms with Gasteiger partial charge in [-0.25, -0.2) is 10.2 Å². The van der Waals surface area contributed by atoms with Crippen molar-refractivity contribution in [2.24, 2.45) is 5.10 Å². The second-order valence-corrected chi connectivity index (χ2v) is 10.6. The third-order valence-electron chi connectivity index (χ3n) is 5.76. The monoisotopic (exact) mass is 693 g/mol. The number of amides is 2. The molecule has 0 aliphatic heterocycles. The Bertz CT molecular complexity index is 1460. The topological polar surface area (TPSA) is 125 Å². The second kappa shape index (κ2) is 16.7. The molecular weight excluding hydrogens is 665 g/mol. The van der Waals surface area contributed by atoms with E-state index in [0.29, 0.717) is 26.6 Å². The fourth-order valence-corrected chi connectivity index (χ4v) is 4.73. The summed E-state index contributed by atoms with van der Waals surface area (Å²) < 4.78 is 22.0. The number of nitrogens with zero attached hydrogens (tertiary/aromatic N) is 1. The van der Waals surface area contributed by atoms with E-state index in [1.54, 1.807) is 38.1 Å². The van der Waals surface area contributed by atoms with Gasteiger partial charge in [-0.2, -0.15) is 5.10 Å². The predicted octanol–water partition coefficient (Wildman–Crippen LogP) is 5.35. The van der Waals surface area contributed by atoms with Crippen molar-refractivity contribution in [3.63, 3.8) is 0 Å². The number of ether oxygens (including phenoxy) is 4. The van der Waals surface area contributed by atoms with Gasteiger partial charge in [0.15, 0.2) is 24.2 Å². The molecule has 0 radical (unpaired) electrons. The molecule has 43 heavy (non-hydrogen) atoms. The van der Waals surface area contributed by atoms with Gasteiger partial charge in [-0.3, -0.25) is 9.59 Å². The first-order valence-corrected chi connectivity index (χ1v) is 14.6. The van der Waals surface area contributed by atoms with Gasteiger partial charge in [0.1, 0.15) is 11.8 Å². The zero-order valence-electron chi connectivity index (χ0n) is 23.6. The molecule has 0 aliphatic rings. The van der Waals surface area contributed by atoms with Crippen LogP contribution < -0.4 is 25.0 Å². The third kappa shape index (κ3) is 10.5. The second-order valence-electron chi connectivity index (χ2n) is 8.95. The van der Waals surface area contributed by atoms with E-state index in [4.69, 9.17) is 42.1 Å². The van der Waals surface area contributed by atoms with Crippen molar-refractivity contribution in [3.05, 3.63) is 86.3 Å². The number of nitrogens with one attached hydrogen (secondary N) is 2. The Morgan fingerprint density at radius 2 is 1.77 bits per heavy atom. The number of esters is 1. The molecule has 3 rings (SSSR count). The van der Waals surface area contributed by atoms with Crippen molar-refractivity contribution < 1.29 is 33.3 Å². The van der Waals surface area contributed by atoms with Crippen LogP contribution in [0.4, 0.5) is 0 Å². The van der Waals surface area contributed by atoms with E-state index in [1.165, 1.54) is 19.4 Å². The van der Waals surface area contributed by atoms with E-state index in [9.17, 15) is 14.4 Å². The summed E-state index contributed by atoms with van der Waals surface area (Å²) >= 11 is 15.5. The van der Waals surface area contributed by atoms with Crippen LogP contribution in [0.3, 0.4) is 0 Å². The first-order valence-electron chi connectivity index (χ1n) is 13.1. The summed E-state index contributed by atoms with van der Waals surface area (Å²) in [6.45, 7) is 3.19. The highest BCUT2D eigenvalue weighted by Crippen LogP contribution is 2.36. The van der Waals surface area contributed by atoms with Gasteiger partial charge in [-0.05, 0) is 71.2 Å². The maximum atomic E-state index is 13.2. The van der Waals surface area contributed by atoms with E-state index in [0.717, 1.165) is 5.56 Å². The number of hydrazone groups is 1. The minimum Gasteiger partial charge on any atom is -0.493 e. The molecule has 0 saturated heterocycles. The van der Waals surface area contributed by atoms with Crippen LogP contribution in [0.15, 0.2) is 70.2 Å². The molecule has 13 heteroatoms. The molecule has 228 valence electrons. The van der Waals surface area contributed by atoms with Gasteiger partial charge >= 0.3 is 5.97 Å². The summed E-state index contributed by atoms with van der Waals surface area (Å²) in [5.41, 5.74) is 3.86. The van der Waals surface area contributed by atoms with E-state index < -0.39 is 29.9 Å². The quantitative estimate of drug-likeness (QED) is 0.132. The zero-order chi connectivity index (χ0) is 31.4. The Hall–Kier alpha value is -3.80. The highest BCUT2D eigenvalue weighted by molar-refractivity contribution is 9.10. The predicted molar refractivity (Wildman–Crippen MR) is 167 cm³/mol. The van der Waals surface area contributed by atoms with Gasteiger partial charge in [0.25, 0.3) is 11.8 Å². The van der Waals surface area contributed by atoms with Gasteiger partial charge in [0.05, 0.1) is 29.4 Å². The number of carbonyl (C=O) groups is 3. The molecule has 10 nitrogen and oxygen atoms in total. The maximum absolute atomic E-state index is 13.2. The Morgan fingerprint density at radius 1 is 1.02 bits per heavy atom. The largest absolute Gasteiger partial charge is 0.493 e. The lowest BCUT2D eigenvalue weighted by atomic mass is 10.1. The minimum absolute atomic E-state index is 0.203. The molecule has 0 unspecified atom stereocenters. The Kier molecular flexibility index (Phi) is 13.1. The van der Waals surface area contributed by atoms with Crippen molar-refractivity contribution in [1.82, 2.24) is 10.7 Å². The van der Waals surface area contributed by atoms with E-state index in [2.05, 4.69) is 31.8 Å². The van der Waals surface area contributed by atoms with E-state index in [1.807, 2.05) is 30.3 Å². The number of carbonyl (C=O) groups excluding carboxylic acids is 3. The smallest absolute Gasteiger partial charge is 0.344 e. The molecule has 0 aliphatic carbocycles. The van der Waals surface area contributed by atoms with Crippen molar-refractivity contribution >= 4 is 63.1 Å². The maximum Gasteiger partial charge on any atom is 0.344 e. The lowest BCUT2D eigenvalue weighted by Gasteiger charge is -2.21. The van der Waals surface area contributed by atoms with Gasteiger partial charge in [-0.15, -0.1) is 0 Å². The van der Waals surface area contributed by atoms with E-state index >= 15 is 0 Å². The third-order valence-corrected chi connectivity index (χ3v) is 6.88. The summed E-state index contributed by atoms with van der Waals surface area (Å²) in [6.07, 6.45) is 0.632. The number of hydrogen-bond donors (Lipinski definition) is 2.